The number of nitro groups is 1. The molecule has 2 heterocycles. The number of nitrogens with one attached hydrogen (secondary N) is 2. The summed E-state index contributed by atoms with van der Waals surface area (Å²) in [6, 6.07) is 0. The number of amides is 1. The topological polar surface area (TPSA) is 126 Å². The lowest BCUT2D eigenvalue weighted by atomic mass is 10.1. The Morgan fingerprint density at radius 1 is 1.31 bits per heavy atom. The maximum Gasteiger partial charge on any atom is 0.409 e. The van der Waals surface area contributed by atoms with Crippen molar-refractivity contribution in [2.24, 2.45) is 0 Å². The Balaban J connectivity index is 2.17. The number of rotatable bonds is 5. The van der Waals surface area contributed by atoms with Gasteiger partial charge in [-0.3, -0.25) is 15.5 Å². The molecule has 1 aromatic heterocycles. The van der Waals surface area contributed by atoms with Gasteiger partial charge in [-0.2, -0.15) is 0 Å². The third-order valence-electron chi connectivity index (χ3n) is 3.65. The second-order valence-corrected chi connectivity index (χ2v) is 6.82. The van der Waals surface area contributed by atoms with Crippen LogP contribution in [0.25, 0.3) is 0 Å². The first-order chi connectivity index (χ1) is 12.2. The molecule has 0 spiro atoms. The van der Waals surface area contributed by atoms with Gasteiger partial charge in [0, 0.05) is 31.7 Å². The summed E-state index contributed by atoms with van der Waals surface area (Å²) >= 11 is 0. The van der Waals surface area contributed by atoms with Gasteiger partial charge in [0.05, 0.1) is 11.5 Å². The van der Waals surface area contributed by atoms with Crippen molar-refractivity contribution in [2.45, 2.75) is 33.2 Å². The monoisotopic (exact) mass is 367 g/mol. The molecule has 0 aromatic carbocycles. The fraction of sp³-hybridized carbons (Fsp3) is 0.667. The quantitative estimate of drug-likeness (QED) is 0.586. The van der Waals surface area contributed by atoms with E-state index in [4.69, 9.17) is 4.74 Å². The van der Waals surface area contributed by atoms with E-state index >= 15 is 0 Å². The molecule has 0 aliphatic carbocycles. The molecule has 2 rings (SSSR count). The van der Waals surface area contributed by atoms with Gasteiger partial charge in [-0.25, -0.2) is 20.2 Å². The van der Waals surface area contributed by atoms with Crippen molar-refractivity contribution >= 4 is 23.4 Å². The standard InChI is InChI=1S/C15H25N7O4/c1-5-26-14(23)21-8-6-20(7-9-21)13-11(22(24)25)12(16-10-17-13)18-19-15(2,3)4/h10,19H,5-9H2,1-4H3,(H,16,17,18). The van der Waals surface area contributed by atoms with Gasteiger partial charge in [0.2, 0.25) is 11.6 Å². The third kappa shape index (κ3) is 4.91. The lowest BCUT2D eigenvalue weighted by Crippen LogP contribution is -2.49. The van der Waals surface area contributed by atoms with E-state index in [1.165, 1.54) is 6.33 Å². The van der Waals surface area contributed by atoms with Crippen LogP contribution in [-0.2, 0) is 4.74 Å². The number of hydrogen-bond donors (Lipinski definition) is 2. The fourth-order valence-corrected chi connectivity index (χ4v) is 2.42. The lowest BCUT2D eigenvalue weighted by molar-refractivity contribution is -0.383. The normalized spacial score (nSPS) is 14.9. The van der Waals surface area contributed by atoms with Crippen LogP contribution >= 0.6 is 0 Å². The van der Waals surface area contributed by atoms with Crippen LogP contribution < -0.4 is 15.8 Å². The Kier molecular flexibility index (Phi) is 6.14. The summed E-state index contributed by atoms with van der Waals surface area (Å²) in [5.74, 6) is 0.328. The zero-order valence-corrected chi connectivity index (χ0v) is 15.5. The summed E-state index contributed by atoms with van der Waals surface area (Å²) in [5, 5.41) is 11.6. The van der Waals surface area contributed by atoms with E-state index in [1.54, 1.807) is 16.7 Å². The lowest BCUT2D eigenvalue weighted by Gasteiger charge is -2.34. The average molecular weight is 367 g/mol. The van der Waals surface area contributed by atoms with Crippen LogP contribution in [-0.4, -0.2) is 64.2 Å². The van der Waals surface area contributed by atoms with E-state index in [-0.39, 0.29) is 29.0 Å². The summed E-state index contributed by atoms with van der Waals surface area (Å²) in [5.41, 5.74) is 5.27. The van der Waals surface area contributed by atoms with E-state index < -0.39 is 4.92 Å². The van der Waals surface area contributed by atoms with E-state index in [0.717, 1.165) is 0 Å². The van der Waals surface area contributed by atoms with Crippen molar-refractivity contribution in [1.29, 1.82) is 0 Å². The second kappa shape index (κ2) is 8.13. The van der Waals surface area contributed by atoms with Crippen molar-refractivity contribution in [1.82, 2.24) is 20.3 Å². The van der Waals surface area contributed by atoms with Gasteiger partial charge >= 0.3 is 11.8 Å². The first-order valence-electron chi connectivity index (χ1n) is 8.42. The molecule has 0 unspecified atom stereocenters. The number of nitrogens with zero attached hydrogens (tertiary/aromatic N) is 5. The number of aromatic nitrogens is 2. The van der Waals surface area contributed by atoms with Gasteiger partial charge < -0.3 is 14.5 Å². The molecule has 1 aliphatic rings. The van der Waals surface area contributed by atoms with Gasteiger partial charge in [-0.15, -0.1) is 0 Å². The molecule has 1 aromatic rings. The Labute approximate surface area is 151 Å². The molecular formula is C15H25N7O4. The largest absolute Gasteiger partial charge is 0.450 e. The van der Waals surface area contributed by atoms with E-state index in [2.05, 4.69) is 20.8 Å². The van der Waals surface area contributed by atoms with Crippen molar-refractivity contribution in [2.75, 3.05) is 43.1 Å². The Morgan fingerprint density at radius 2 is 1.96 bits per heavy atom. The summed E-state index contributed by atoms with van der Waals surface area (Å²) in [7, 11) is 0. The summed E-state index contributed by atoms with van der Waals surface area (Å²) in [6.45, 7) is 9.47. The smallest absolute Gasteiger partial charge is 0.409 e. The van der Waals surface area contributed by atoms with Crippen LogP contribution in [0.1, 0.15) is 27.7 Å². The minimum atomic E-state index is -0.500. The van der Waals surface area contributed by atoms with Gasteiger partial charge in [0.15, 0.2) is 0 Å². The van der Waals surface area contributed by atoms with Gasteiger partial charge in [0.1, 0.15) is 6.33 Å². The Bertz CT molecular complexity index is 654. The number of carbonyl (C=O) groups excluding carboxylic acids is 1. The average Bonchev–Trinajstić information content (AvgIpc) is 2.59. The molecule has 11 nitrogen and oxygen atoms in total. The van der Waals surface area contributed by atoms with Gasteiger partial charge in [0.25, 0.3) is 0 Å². The highest BCUT2D eigenvalue weighted by molar-refractivity contribution is 5.71. The van der Waals surface area contributed by atoms with Gasteiger partial charge in [-0.05, 0) is 27.7 Å². The highest BCUT2D eigenvalue weighted by Crippen LogP contribution is 2.32. The fourth-order valence-electron chi connectivity index (χ4n) is 2.42. The van der Waals surface area contributed by atoms with Crippen LogP contribution in [0.15, 0.2) is 6.33 Å². The summed E-state index contributed by atoms with van der Waals surface area (Å²) in [4.78, 5) is 34.3. The number of piperazine rings is 1. The molecule has 26 heavy (non-hydrogen) atoms. The predicted octanol–water partition coefficient (Wildman–Crippen LogP) is 1.38. The van der Waals surface area contributed by atoms with Crippen LogP contribution in [0.5, 0.6) is 0 Å². The molecule has 1 aliphatic heterocycles. The van der Waals surface area contributed by atoms with Crippen molar-refractivity contribution in [3.63, 3.8) is 0 Å². The molecule has 0 radical (unpaired) electrons. The van der Waals surface area contributed by atoms with Crippen LogP contribution in [0.4, 0.5) is 22.1 Å². The zero-order valence-electron chi connectivity index (χ0n) is 15.5. The maximum absolute atomic E-state index is 11.8. The minimum Gasteiger partial charge on any atom is -0.450 e. The molecule has 144 valence electrons. The molecule has 0 saturated carbocycles. The third-order valence-corrected chi connectivity index (χ3v) is 3.65. The molecular weight excluding hydrogens is 342 g/mol. The zero-order chi connectivity index (χ0) is 19.3. The van der Waals surface area contributed by atoms with Crippen LogP contribution in [0.3, 0.4) is 0 Å². The second-order valence-electron chi connectivity index (χ2n) is 6.82. The van der Waals surface area contributed by atoms with E-state index in [9.17, 15) is 14.9 Å². The van der Waals surface area contributed by atoms with Gasteiger partial charge in [-0.1, -0.05) is 0 Å². The number of hydrogen-bond acceptors (Lipinski definition) is 9. The molecule has 1 saturated heterocycles. The Hall–Kier alpha value is -2.69. The molecule has 0 atom stereocenters. The van der Waals surface area contributed by atoms with Crippen LogP contribution in [0, 0.1) is 10.1 Å². The van der Waals surface area contributed by atoms with Crippen molar-refractivity contribution in [3.05, 3.63) is 16.4 Å². The summed E-state index contributed by atoms with van der Waals surface area (Å²) in [6.07, 6.45) is 0.910. The van der Waals surface area contributed by atoms with Crippen molar-refractivity contribution in [3.8, 4) is 0 Å². The molecule has 0 bridgehead atoms. The highest BCUT2D eigenvalue weighted by Gasteiger charge is 2.31. The minimum absolute atomic E-state index is 0.0998. The number of ether oxygens (including phenoxy) is 1. The summed E-state index contributed by atoms with van der Waals surface area (Å²) < 4.78 is 4.98. The molecule has 1 fully saturated rings. The molecule has 2 N–H and O–H groups in total. The van der Waals surface area contributed by atoms with Crippen LogP contribution in [0.2, 0.25) is 0 Å². The number of hydrazine groups is 1. The SMILES string of the molecule is CCOC(=O)N1CCN(c2ncnc(NNC(C)(C)C)c2[N+](=O)[O-])CC1. The predicted molar refractivity (Wildman–Crippen MR) is 96.0 cm³/mol. The Morgan fingerprint density at radius 3 is 2.50 bits per heavy atom. The van der Waals surface area contributed by atoms with E-state index in [1.807, 2.05) is 20.8 Å². The van der Waals surface area contributed by atoms with Crippen molar-refractivity contribution < 1.29 is 14.5 Å². The number of anilines is 2. The molecule has 11 heteroatoms. The number of carbonyl (C=O) groups is 1. The first kappa shape index (κ1) is 19.6. The molecule has 1 amide bonds. The highest BCUT2D eigenvalue weighted by atomic mass is 16.6. The maximum atomic E-state index is 11.8. The van der Waals surface area contributed by atoms with E-state index in [0.29, 0.717) is 32.8 Å². The first-order valence-corrected chi connectivity index (χ1v) is 8.42.